The summed E-state index contributed by atoms with van der Waals surface area (Å²) < 4.78 is 2.46. The summed E-state index contributed by atoms with van der Waals surface area (Å²) in [5, 5.41) is 2.51. The molecular weight excluding hydrogens is 663 g/mol. The molecule has 0 N–H and O–H groups in total. The summed E-state index contributed by atoms with van der Waals surface area (Å²) in [4.78, 5) is 0. The first kappa shape index (κ1) is 32.9. The fourth-order valence-electron chi connectivity index (χ4n) is 8.87. The van der Waals surface area contributed by atoms with Crippen molar-refractivity contribution >= 4 is 33.5 Å². The van der Waals surface area contributed by atoms with Gasteiger partial charge >= 0.3 is 0 Å². The van der Waals surface area contributed by atoms with Crippen LogP contribution in [0.3, 0.4) is 0 Å². The second-order valence-corrected chi connectivity index (χ2v) is 15.4. The third-order valence-corrected chi connectivity index (χ3v) is 11.8. The van der Waals surface area contributed by atoms with Crippen LogP contribution in [-0.4, -0.2) is 4.57 Å². The predicted molar refractivity (Wildman–Crippen MR) is 235 cm³/mol. The van der Waals surface area contributed by atoms with Crippen molar-refractivity contribution in [1.29, 1.82) is 0 Å². The van der Waals surface area contributed by atoms with Crippen LogP contribution in [0.5, 0.6) is 0 Å². The first-order chi connectivity index (χ1) is 26.9. The second-order valence-electron chi connectivity index (χ2n) is 15.4. The van der Waals surface area contributed by atoms with Crippen LogP contribution in [0.25, 0.3) is 72.5 Å². The van der Waals surface area contributed by atoms with Gasteiger partial charge in [-0.05, 0) is 127 Å². The van der Waals surface area contributed by atoms with Gasteiger partial charge in [0.1, 0.15) is 0 Å². The van der Waals surface area contributed by atoms with Gasteiger partial charge in [0.25, 0.3) is 0 Å². The van der Waals surface area contributed by atoms with Crippen LogP contribution in [0.2, 0.25) is 0 Å². The Labute approximate surface area is 323 Å². The number of hydrogen-bond acceptors (Lipinski definition) is 0. The molecule has 0 fully saturated rings. The Balaban J connectivity index is 1.11. The number of hydrogen-bond donors (Lipinski definition) is 0. The van der Waals surface area contributed by atoms with Crippen LogP contribution < -0.4 is 0 Å². The fourth-order valence-corrected chi connectivity index (χ4v) is 8.87. The number of rotatable bonds is 4. The molecule has 8 aromatic rings. The van der Waals surface area contributed by atoms with Crippen LogP contribution in [0.4, 0.5) is 0 Å². The summed E-state index contributed by atoms with van der Waals surface area (Å²) in [5.41, 5.74) is 19.5. The summed E-state index contributed by atoms with van der Waals surface area (Å²) in [6, 6.07) is 58.1. The Morgan fingerprint density at radius 1 is 0.527 bits per heavy atom. The number of nitrogens with zero attached hydrogens (tertiary/aromatic N) is 1. The molecule has 0 saturated carbocycles. The van der Waals surface area contributed by atoms with Gasteiger partial charge in [0.05, 0.1) is 11.0 Å². The average molecular weight is 704 g/mol. The molecular formula is C54H41N. The van der Waals surface area contributed by atoms with E-state index in [1.807, 2.05) is 0 Å². The Morgan fingerprint density at radius 2 is 1.11 bits per heavy atom. The van der Waals surface area contributed by atoms with E-state index in [0.29, 0.717) is 0 Å². The lowest BCUT2D eigenvalue weighted by atomic mass is 9.81. The Morgan fingerprint density at radius 3 is 1.78 bits per heavy atom. The minimum atomic E-state index is -0.204. The van der Waals surface area contributed by atoms with E-state index in [1.165, 1.54) is 88.7 Å². The summed E-state index contributed by atoms with van der Waals surface area (Å²) in [6.07, 6.45) is 11.8. The molecule has 7 aromatic carbocycles. The Hall–Kier alpha value is -6.70. The molecule has 1 heteroatoms. The number of allylic oxidation sites excluding steroid dienone is 6. The normalized spacial score (nSPS) is 16.5. The van der Waals surface area contributed by atoms with Crippen molar-refractivity contribution < 1.29 is 0 Å². The maximum absolute atomic E-state index is 4.53. The van der Waals surface area contributed by atoms with Gasteiger partial charge in [-0.15, -0.1) is 0 Å². The van der Waals surface area contributed by atoms with Crippen LogP contribution in [0.1, 0.15) is 41.7 Å². The zero-order chi connectivity index (χ0) is 37.1. The average Bonchev–Trinajstić information content (AvgIpc) is 3.67. The molecule has 2 aliphatic carbocycles. The van der Waals surface area contributed by atoms with Crippen molar-refractivity contribution in [2.75, 3.05) is 0 Å². The van der Waals surface area contributed by atoms with Crippen LogP contribution in [-0.2, 0) is 11.8 Å². The minimum Gasteiger partial charge on any atom is -0.309 e. The fraction of sp³-hybridized carbons (Fsp3) is 0.0741. The topological polar surface area (TPSA) is 4.93 Å². The monoisotopic (exact) mass is 703 g/mol. The van der Waals surface area contributed by atoms with E-state index in [0.717, 1.165) is 17.6 Å². The van der Waals surface area contributed by atoms with Crippen molar-refractivity contribution in [2.45, 2.75) is 25.7 Å². The Bertz CT molecular complexity index is 2810. The van der Waals surface area contributed by atoms with Crippen molar-refractivity contribution in [3.05, 3.63) is 222 Å². The molecule has 1 nitrogen and oxygen atoms in total. The molecule has 0 radical (unpaired) electrons. The molecule has 0 amide bonds. The highest BCUT2D eigenvalue weighted by Crippen LogP contribution is 2.51. The van der Waals surface area contributed by atoms with E-state index >= 15 is 0 Å². The van der Waals surface area contributed by atoms with Crippen molar-refractivity contribution in [3.8, 4) is 39.1 Å². The minimum absolute atomic E-state index is 0.204. The summed E-state index contributed by atoms with van der Waals surface area (Å²) >= 11 is 0. The zero-order valence-corrected chi connectivity index (χ0v) is 31.3. The maximum Gasteiger partial charge on any atom is 0.0541 e. The van der Waals surface area contributed by atoms with Gasteiger partial charge in [-0.3, -0.25) is 0 Å². The molecule has 0 aliphatic heterocycles. The molecule has 0 unspecified atom stereocenters. The highest BCUT2D eigenvalue weighted by Gasteiger charge is 2.36. The summed E-state index contributed by atoms with van der Waals surface area (Å²) in [7, 11) is 0. The molecule has 1 aromatic heterocycles. The SMILES string of the molecule is C=C1/C=C\C=C/Cc2ccccc2/C=C\1c1ccc2c(c1)C(C)(C)c1cc(-n3c4ccc(-c5ccccc5)cc4c4cc(-c5ccccc5)ccc43)ccc1-2. The van der Waals surface area contributed by atoms with Gasteiger partial charge in [0.15, 0.2) is 0 Å². The molecule has 0 bridgehead atoms. The summed E-state index contributed by atoms with van der Waals surface area (Å²) in [5.74, 6) is 0. The van der Waals surface area contributed by atoms with Crippen molar-refractivity contribution in [3.63, 3.8) is 0 Å². The molecule has 0 saturated heterocycles. The molecule has 10 rings (SSSR count). The third-order valence-electron chi connectivity index (χ3n) is 11.8. The first-order valence-electron chi connectivity index (χ1n) is 19.3. The van der Waals surface area contributed by atoms with Gasteiger partial charge in [-0.25, -0.2) is 0 Å². The van der Waals surface area contributed by atoms with E-state index in [4.69, 9.17) is 0 Å². The Kier molecular flexibility index (Phi) is 7.78. The van der Waals surface area contributed by atoms with Crippen LogP contribution in [0.15, 0.2) is 194 Å². The molecule has 55 heavy (non-hydrogen) atoms. The lowest BCUT2D eigenvalue weighted by molar-refractivity contribution is 0.659. The highest BCUT2D eigenvalue weighted by molar-refractivity contribution is 6.11. The zero-order valence-electron chi connectivity index (χ0n) is 31.3. The number of aromatic nitrogens is 1. The van der Waals surface area contributed by atoms with E-state index in [9.17, 15) is 0 Å². The van der Waals surface area contributed by atoms with Gasteiger partial charge in [0, 0.05) is 21.9 Å². The lowest BCUT2D eigenvalue weighted by Gasteiger charge is -2.23. The van der Waals surface area contributed by atoms with E-state index < -0.39 is 0 Å². The lowest BCUT2D eigenvalue weighted by Crippen LogP contribution is -2.15. The molecule has 2 aliphatic rings. The van der Waals surface area contributed by atoms with E-state index in [1.54, 1.807) is 0 Å². The predicted octanol–water partition coefficient (Wildman–Crippen LogP) is 14.2. The number of fused-ring (bicyclic) bond motifs is 7. The summed E-state index contributed by atoms with van der Waals surface area (Å²) in [6.45, 7) is 9.29. The van der Waals surface area contributed by atoms with Crippen molar-refractivity contribution in [1.82, 2.24) is 4.57 Å². The standard InChI is InChI=1S/C54H41N/c1-36-15-7-4-8-16-37-21-13-14-22-40(37)31-47(36)43-23-27-45-46-28-26-44(35-51(46)54(2,3)50(45)34-43)55-52-29-24-41(38-17-9-5-10-18-38)32-48(52)49-33-42(25-30-53(49)55)39-19-11-6-12-20-39/h4-15,17-35H,1,16H2,2-3H3/b8-4-,15-7-,47-31+. The van der Waals surface area contributed by atoms with E-state index in [-0.39, 0.29) is 5.41 Å². The second kappa shape index (κ2) is 13.0. The van der Waals surface area contributed by atoms with E-state index in [2.05, 4.69) is 213 Å². The van der Waals surface area contributed by atoms with Gasteiger partial charge in [-0.2, -0.15) is 0 Å². The molecule has 262 valence electrons. The maximum atomic E-state index is 4.53. The van der Waals surface area contributed by atoms with Crippen LogP contribution >= 0.6 is 0 Å². The smallest absolute Gasteiger partial charge is 0.0541 e. The van der Waals surface area contributed by atoms with Gasteiger partial charge in [0.2, 0.25) is 0 Å². The molecule has 0 atom stereocenters. The van der Waals surface area contributed by atoms with Gasteiger partial charge < -0.3 is 4.57 Å². The van der Waals surface area contributed by atoms with Gasteiger partial charge in [-0.1, -0.05) is 160 Å². The third kappa shape index (κ3) is 5.55. The van der Waals surface area contributed by atoms with Crippen molar-refractivity contribution in [2.24, 2.45) is 0 Å². The quantitative estimate of drug-likeness (QED) is 0.172. The molecule has 0 spiro atoms. The van der Waals surface area contributed by atoms with Crippen LogP contribution in [0, 0.1) is 0 Å². The molecule has 1 heterocycles. The number of benzene rings is 7. The highest BCUT2D eigenvalue weighted by atomic mass is 15.0. The largest absolute Gasteiger partial charge is 0.309 e. The first-order valence-corrected chi connectivity index (χ1v) is 19.3.